The van der Waals surface area contributed by atoms with Crippen LogP contribution in [0.5, 0.6) is 5.75 Å². The van der Waals surface area contributed by atoms with Crippen molar-refractivity contribution in [3.8, 4) is 5.75 Å². The Hall–Kier alpha value is -2.05. The van der Waals surface area contributed by atoms with Gasteiger partial charge in [-0.3, -0.25) is 4.79 Å². The van der Waals surface area contributed by atoms with E-state index < -0.39 is 5.97 Å². The van der Waals surface area contributed by atoms with Gasteiger partial charge in [0, 0.05) is 31.7 Å². The molecule has 0 bridgehead atoms. The summed E-state index contributed by atoms with van der Waals surface area (Å²) < 4.78 is 15.9. The number of esters is 1. The zero-order valence-corrected chi connectivity index (χ0v) is 18.1. The van der Waals surface area contributed by atoms with Crippen LogP contribution >= 0.6 is 11.6 Å². The van der Waals surface area contributed by atoms with E-state index in [0.717, 1.165) is 17.5 Å². The Morgan fingerprint density at radius 2 is 2.00 bits per heavy atom. The van der Waals surface area contributed by atoms with Crippen molar-refractivity contribution < 1.29 is 23.8 Å². The molecule has 6 nitrogen and oxygen atoms in total. The quantitative estimate of drug-likeness (QED) is 0.376. The lowest BCUT2D eigenvalue weighted by molar-refractivity contribution is -0.140. The van der Waals surface area contributed by atoms with Crippen molar-refractivity contribution in [3.05, 3.63) is 40.1 Å². The van der Waals surface area contributed by atoms with Crippen LogP contribution in [0.15, 0.2) is 23.9 Å². The Morgan fingerprint density at radius 1 is 1.24 bits per heavy atom. The lowest BCUT2D eigenvalue weighted by Gasteiger charge is -2.48. The largest absolute Gasteiger partial charge is 0.490 e. The molecule has 2 aliphatic heterocycles. The second-order valence-electron chi connectivity index (χ2n) is 7.37. The number of methoxy groups -OCH3 is 1. The van der Waals surface area contributed by atoms with Gasteiger partial charge in [0.25, 0.3) is 0 Å². The van der Waals surface area contributed by atoms with Gasteiger partial charge in [-0.15, -0.1) is 0 Å². The maximum Gasteiger partial charge on any atom is 0.343 e. The Bertz CT molecular complexity index is 822. The van der Waals surface area contributed by atoms with Crippen LogP contribution in [0.1, 0.15) is 56.7 Å². The average molecular weight is 422 g/mol. The molecule has 0 radical (unpaired) electrons. The highest BCUT2D eigenvalue weighted by Gasteiger charge is 2.42. The minimum atomic E-state index is -0.552. The second kappa shape index (κ2) is 9.18. The van der Waals surface area contributed by atoms with Crippen molar-refractivity contribution in [2.75, 3.05) is 26.9 Å². The summed E-state index contributed by atoms with van der Waals surface area (Å²) in [5.74, 6) is 0.0597. The molecule has 3 atom stereocenters. The van der Waals surface area contributed by atoms with Crippen LogP contribution < -0.4 is 4.74 Å². The normalized spacial score (nSPS) is 23.2. The SMILES string of the molecule is CCOC(=O)C1=CN2C(CC1=O)c1cc(Cl)c(OCCOC)cc1C(C)C2CC. The van der Waals surface area contributed by atoms with Crippen LogP contribution in [0.25, 0.3) is 0 Å². The van der Waals surface area contributed by atoms with Crippen molar-refractivity contribution in [2.45, 2.75) is 51.6 Å². The molecule has 2 heterocycles. The highest BCUT2D eigenvalue weighted by molar-refractivity contribution is 6.32. The number of ether oxygens (including phenoxy) is 3. The molecule has 3 rings (SSSR count). The molecule has 0 aliphatic carbocycles. The van der Waals surface area contributed by atoms with Crippen LogP contribution in [0.3, 0.4) is 0 Å². The average Bonchev–Trinajstić information content (AvgIpc) is 2.69. The highest BCUT2D eigenvalue weighted by Crippen LogP contribution is 2.48. The molecule has 0 saturated heterocycles. The number of halogens is 1. The van der Waals surface area contributed by atoms with Crippen molar-refractivity contribution in [2.24, 2.45) is 0 Å². The summed E-state index contributed by atoms with van der Waals surface area (Å²) in [7, 11) is 1.62. The van der Waals surface area contributed by atoms with E-state index in [1.165, 1.54) is 0 Å². The van der Waals surface area contributed by atoms with E-state index in [1.807, 2.05) is 12.1 Å². The molecule has 7 heteroatoms. The number of nitrogens with zero attached hydrogens (tertiary/aromatic N) is 1. The summed E-state index contributed by atoms with van der Waals surface area (Å²) in [6.07, 6.45) is 2.79. The molecular formula is C22H28ClNO5. The van der Waals surface area contributed by atoms with Gasteiger partial charge in [0.1, 0.15) is 17.9 Å². The molecule has 0 spiro atoms. The first kappa shape index (κ1) is 21.7. The first-order chi connectivity index (χ1) is 13.9. The smallest absolute Gasteiger partial charge is 0.343 e. The number of benzene rings is 1. The number of fused-ring (bicyclic) bond motifs is 3. The monoisotopic (exact) mass is 421 g/mol. The molecule has 1 aromatic rings. The molecule has 158 valence electrons. The number of ketones is 1. The first-order valence-corrected chi connectivity index (χ1v) is 10.4. The van der Waals surface area contributed by atoms with Gasteiger partial charge < -0.3 is 19.1 Å². The molecule has 0 aromatic heterocycles. The van der Waals surface area contributed by atoms with E-state index in [4.69, 9.17) is 25.8 Å². The summed E-state index contributed by atoms with van der Waals surface area (Å²) in [4.78, 5) is 27.1. The molecule has 1 aromatic carbocycles. The lowest BCUT2D eigenvalue weighted by Crippen LogP contribution is -2.46. The summed E-state index contributed by atoms with van der Waals surface area (Å²) >= 11 is 6.49. The molecule has 0 N–H and O–H groups in total. The van der Waals surface area contributed by atoms with Crippen molar-refractivity contribution in [3.63, 3.8) is 0 Å². The predicted octanol–water partition coefficient (Wildman–Crippen LogP) is 4.02. The zero-order chi connectivity index (χ0) is 21.1. The molecule has 0 saturated carbocycles. The van der Waals surface area contributed by atoms with Gasteiger partial charge in [0.05, 0.1) is 24.3 Å². The fourth-order valence-electron chi connectivity index (χ4n) is 4.32. The number of hydrogen-bond acceptors (Lipinski definition) is 6. The van der Waals surface area contributed by atoms with Gasteiger partial charge in [0.15, 0.2) is 5.78 Å². The third kappa shape index (κ3) is 4.14. The predicted molar refractivity (Wildman–Crippen MR) is 110 cm³/mol. The van der Waals surface area contributed by atoms with Gasteiger partial charge in [0.2, 0.25) is 0 Å². The fraction of sp³-hybridized carbons (Fsp3) is 0.545. The van der Waals surface area contributed by atoms with E-state index in [0.29, 0.717) is 24.0 Å². The van der Waals surface area contributed by atoms with Crippen molar-refractivity contribution in [1.29, 1.82) is 0 Å². The molecular weight excluding hydrogens is 394 g/mol. The molecule has 0 amide bonds. The second-order valence-corrected chi connectivity index (χ2v) is 7.78. The van der Waals surface area contributed by atoms with E-state index in [1.54, 1.807) is 20.2 Å². The van der Waals surface area contributed by atoms with Crippen LogP contribution in [-0.4, -0.2) is 49.6 Å². The summed E-state index contributed by atoms with van der Waals surface area (Å²) in [5, 5.41) is 0.509. The Kier molecular flexibility index (Phi) is 6.85. The van der Waals surface area contributed by atoms with Gasteiger partial charge in [-0.05, 0) is 36.6 Å². The Labute approximate surface area is 176 Å². The Balaban J connectivity index is 2.01. The number of carbonyl (C=O) groups excluding carboxylic acids is 2. The maximum absolute atomic E-state index is 12.7. The van der Waals surface area contributed by atoms with Gasteiger partial charge in [-0.1, -0.05) is 25.4 Å². The summed E-state index contributed by atoms with van der Waals surface area (Å²) in [5.41, 5.74) is 2.28. The van der Waals surface area contributed by atoms with E-state index in [-0.39, 0.29) is 42.4 Å². The molecule has 0 fully saturated rings. The summed E-state index contributed by atoms with van der Waals surface area (Å²) in [6, 6.07) is 3.89. The third-order valence-corrected chi connectivity index (χ3v) is 6.02. The third-order valence-electron chi connectivity index (χ3n) is 5.72. The van der Waals surface area contributed by atoms with E-state index in [9.17, 15) is 9.59 Å². The minimum Gasteiger partial charge on any atom is -0.490 e. The van der Waals surface area contributed by atoms with E-state index in [2.05, 4.69) is 18.7 Å². The number of carbonyl (C=O) groups is 2. The zero-order valence-electron chi connectivity index (χ0n) is 17.4. The maximum atomic E-state index is 12.7. The van der Waals surface area contributed by atoms with Gasteiger partial charge >= 0.3 is 5.97 Å². The van der Waals surface area contributed by atoms with Gasteiger partial charge in [-0.25, -0.2) is 4.79 Å². The van der Waals surface area contributed by atoms with Crippen molar-refractivity contribution in [1.82, 2.24) is 4.90 Å². The highest BCUT2D eigenvalue weighted by atomic mass is 35.5. The van der Waals surface area contributed by atoms with Crippen LogP contribution in [-0.2, 0) is 19.1 Å². The molecule has 2 aliphatic rings. The van der Waals surface area contributed by atoms with Crippen molar-refractivity contribution >= 4 is 23.4 Å². The first-order valence-electron chi connectivity index (χ1n) is 10.1. The topological polar surface area (TPSA) is 65.1 Å². The van der Waals surface area contributed by atoms with Crippen LogP contribution in [0, 0.1) is 0 Å². The lowest BCUT2D eigenvalue weighted by atomic mass is 9.77. The molecule has 29 heavy (non-hydrogen) atoms. The number of rotatable bonds is 7. The number of Topliss-reactive ketones (excluding diaryl/α,β-unsaturated/α-hetero) is 1. The summed E-state index contributed by atoms with van der Waals surface area (Å²) in [6.45, 7) is 7.14. The number of hydrogen-bond donors (Lipinski definition) is 0. The minimum absolute atomic E-state index is 0.128. The fourth-order valence-corrected chi connectivity index (χ4v) is 4.54. The van der Waals surface area contributed by atoms with Crippen LogP contribution in [0.4, 0.5) is 0 Å². The standard InChI is InChI=1S/C22H28ClNO5/c1-5-18-13(3)14-10-21(29-8-7-27-4)17(23)9-15(14)19-11-20(25)16(12-24(18)19)22(26)28-6-2/h9-10,12-13,18-19H,5-8,11H2,1-4H3. The Morgan fingerprint density at radius 3 is 2.66 bits per heavy atom. The van der Waals surface area contributed by atoms with Gasteiger partial charge in [-0.2, -0.15) is 0 Å². The molecule has 3 unspecified atom stereocenters. The van der Waals surface area contributed by atoms with E-state index >= 15 is 0 Å². The van der Waals surface area contributed by atoms with Crippen LogP contribution in [0.2, 0.25) is 5.02 Å².